The molecule has 0 spiro atoms. The molecule has 26 heavy (non-hydrogen) atoms. The van der Waals surface area contributed by atoms with Gasteiger partial charge in [0.05, 0.1) is 4.90 Å². The molecule has 3 heterocycles. The van der Waals surface area contributed by atoms with Crippen LogP contribution in [0, 0.1) is 6.92 Å². The molecule has 1 aromatic heterocycles. The third-order valence-corrected chi connectivity index (χ3v) is 7.34. The molecule has 1 amide bonds. The van der Waals surface area contributed by atoms with Crippen molar-refractivity contribution in [1.82, 2.24) is 9.21 Å². The number of hydrogen-bond acceptors (Lipinski definition) is 4. The van der Waals surface area contributed by atoms with Gasteiger partial charge < -0.3 is 9.32 Å². The largest absolute Gasteiger partial charge is 0.451 e. The number of amides is 1. The van der Waals surface area contributed by atoms with Crippen LogP contribution in [0.5, 0.6) is 0 Å². The van der Waals surface area contributed by atoms with Gasteiger partial charge in [0.2, 0.25) is 10.0 Å². The van der Waals surface area contributed by atoms with Gasteiger partial charge in [-0.25, -0.2) is 8.42 Å². The number of hydrogen-bond donors (Lipinski definition) is 0. The summed E-state index contributed by atoms with van der Waals surface area (Å²) in [7, 11) is -3.48. The second-order valence-electron chi connectivity index (χ2n) is 7.18. The fourth-order valence-corrected chi connectivity index (χ4v) is 5.43. The Labute approximate surface area is 153 Å². The third kappa shape index (κ3) is 2.93. The highest BCUT2D eigenvalue weighted by atomic mass is 32.2. The predicted molar refractivity (Wildman–Crippen MR) is 98.7 cm³/mol. The van der Waals surface area contributed by atoms with E-state index >= 15 is 0 Å². The molecule has 0 saturated carbocycles. The van der Waals surface area contributed by atoms with E-state index in [0.29, 0.717) is 35.4 Å². The summed E-state index contributed by atoms with van der Waals surface area (Å²) in [6.07, 6.45) is 4.99. The van der Waals surface area contributed by atoms with E-state index in [4.69, 9.17) is 4.42 Å². The standard InChI is InChI=1S/C19H24N2O4S/c1-14-16-13-15(26(23,24)21-11-5-6-12-21)7-8-17(16)25-18(14)19(22)20-9-3-2-4-10-20/h7-8,13H,2-6,9-12H2,1H3. The molecule has 140 valence electrons. The van der Waals surface area contributed by atoms with E-state index in [-0.39, 0.29) is 10.8 Å². The van der Waals surface area contributed by atoms with Gasteiger partial charge in [-0.05, 0) is 57.2 Å². The SMILES string of the molecule is Cc1c(C(=O)N2CCCCC2)oc2ccc(S(=O)(=O)N3CCCC3)cc12. The van der Waals surface area contributed by atoms with Crippen LogP contribution in [-0.4, -0.2) is 49.7 Å². The third-order valence-electron chi connectivity index (χ3n) is 5.45. The summed E-state index contributed by atoms with van der Waals surface area (Å²) in [4.78, 5) is 14.9. The van der Waals surface area contributed by atoms with Crippen LogP contribution in [-0.2, 0) is 10.0 Å². The quantitative estimate of drug-likeness (QED) is 0.825. The Morgan fingerprint density at radius 3 is 2.35 bits per heavy atom. The molecule has 0 N–H and O–H groups in total. The van der Waals surface area contributed by atoms with Gasteiger partial charge in [0, 0.05) is 37.1 Å². The van der Waals surface area contributed by atoms with Gasteiger partial charge >= 0.3 is 0 Å². The van der Waals surface area contributed by atoms with Crippen LogP contribution in [0.15, 0.2) is 27.5 Å². The fourth-order valence-electron chi connectivity index (χ4n) is 3.88. The molecular weight excluding hydrogens is 352 g/mol. The first-order chi connectivity index (χ1) is 12.5. The minimum absolute atomic E-state index is 0.0950. The van der Waals surface area contributed by atoms with Gasteiger partial charge in [0.1, 0.15) is 5.58 Å². The van der Waals surface area contributed by atoms with E-state index in [0.717, 1.165) is 45.2 Å². The Morgan fingerprint density at radius 2 is 1.65 bits per heavy atom. The number of carbonyl (C=O) groups is 1. The summed E-state index contributed by atoms with van der Waals surface area (Å²) in [5.41, 5.74) is 1.28. The second kappa shape index (κ2) is 6.70. The summed E-state index contributed by atoms with van der Waals surface area (Å²) in [6, 6.07) is 4.89. The molecule has 0 unspecified atom stereocenters. The number of rotatable bonds is 3. The average molecular weight is 376 g/mol. The number of nitrogens with zero attached hydrogens (tertiary/aromatic N) is 2. The number of furan rings is 1. The van der Waals surface area contributed by atoms with Crippen LogP contribution in [0.1, 0.15) is 48.2 Å². The van der Waals surface area contributed by atoms with E-state index in [2.05, 4.69) is 0 Å². The number of fused-ring (bicyclic) bond motifs is 1. The van der Waals surface area contributed by atoms with Crippen molar-refractivity contribution < 1.29 is 17.6 Å². The smallest absolute Gasteiger partial charge is 0.289 e. The Kier molecular flexibility index (Phi) is 4.52. The molecule has 4 rings (SSSR count). The van der Waals surface area contributed by atoms with Crippen molar-refractivity contribution >= 4 is 26.9 Å². The van der Waals surface area contributed by atoms with Crippen molar-refractivity contribution in [2.75, 3.05) is 26.2 Å². The molecule has 0 bridgehead atoms. The summed E-state index contributed by atoms with van der Waals surface area (Å²) in [5.74, 6) is 0.236. The molecule has 2 saturated heterocycles. The highest BCUT2D eigenvalue weighted by Crippen LogP contribution is 2.30. The predicted octanol–water partition coefficient (Wildman–Crippen LogP) is 3.15. The molecule has 2 aliphatic rings. The maximum Gasteiger partial charge on any atom is 0.289 e. The highest BCUT2D eigenvalue weighted by molar-refractivity contribution is 7.89. The zero-order valence-electron chi connectivity index (χ0n) is 15.0. The van der Waals surface area contributed by atoms with E-state index in [1.807, 2.05) is 11.8 Å². The van der Waals surface area contributed by atoms with Crippen molar-refractivity contribution in [3.8, 4) is 0 Å². The Morgan fingerprint density at radius 1 is 1.00 bits per heavy atom. The summed E-state index contributed by atoms with van der Waals surface area (Å²) in [5, 5.41) is 0.700. The first-order valence-corrected chi connectivity index (χ1v) is 10.7. The molecule has 0 atom stereocenters. The summed E-state index contributed by atoms with van der Waals surface area (Å²) < 4.78 is 32.9. The van der Waals surface area contributed by atoms with E-state index in [1.165, 1.54) is 4.31 Å². The van der Waals surface area contributed by atoms with Crippen LogP contribution in [0.25, 0.3) is 11.0 Å². The molecule has 6 nitrogen and oxygen atoms in total. The van der Waals surface area contributed by atoms with E-state index < -0.39 is 10.0 Å². The summed E-state index contributed by atoms with van der Waals surface area (Å²) in [6.45, 7) is 4.48. The lowest BCUT2D eigenvalue weighted by Gasteiger charge is -2.25. The lowest BCUT2D eigenvalue weighted by atomic mass is 10.1. The van der Waals surface area contributed by atoms with Crippen molar-refractivity contribution in [2.45, 2.75) is 43.9 Å². The minimum atomic E-state index is -3.48. The number of aryl methyl sites for hydroxylation is 1. The molecule has 2 fully saturated rings. The topological polar surface area (TPSA) is 70.8 Å². The zero-order valence-corrected chi connectivity index (χ0v) is 15.8. The van der Waals surface area contributed by atoms with Crippen LogP contribution in [0.4, 0.5) is 0 Å². The Bertz CT molecular complexity index is 936. The number of likely N-dealkylation sites (tertiary alicyclic amines) is 1. The maximum atomic E-state index is 12.8. The van der Waals surface area contributed by atoms with Crippen molar-refractivity contribution in [3.63, 3.8) is 0 Å². The first-order valence-electron chi connectivity index (χ1n) is 9.31. The van der Waals surface area contributed by atoms with E-state index in [1.54, 1.807) is 18.2 Å². The van der Waals surface area contributed by atoms with Gasteiger partial charge in [0.25, 0.3) is 5.91 Å². The highest BCUT2D eigenvalue weighted by Gasteiger charge is 2.29. The lowest BCUT2D eigenvalue weighted by molar-refractivity contribution is 0.0693. The van der Waals surface area contributed by atoms with Crippen LogP contribution < -0.4 is 0 Å². The monoisotopic (exact) mass is 376 g/mol. The van der Waals surface area contributed by atoms with Gasteiger partial charge in [-0.3, -0.25) is 4.79 Å². The molecule has 1 aromatic carbocycles. The maximum absolute atomic E-state index is 12.8. The second-order valence-corrected chi connectivity index (χ2v) is 9.12. The summed E-state index contributed by atoms with van der Waals surface area (Å²) >= 11 is 0. The van der Waals surface area contributed by atoms with Gasteiger partial charge in [0.15, 0.2) is 5.76 Å². The molecular formula is C19H24N2O4S. The fraction of sp³-hybridized carbons (Fsp3) is 0.526. The van der Waals surface area contributed by atoms with Crippen molar-refractivity contribution in [1.29, 1.82) is 0 Å². The minimum Gasteiger partial charge on any atom is -0.451 e. The van der Waals surface area contributed by atoms with Gasteiger partial charge in [-0.15, -0.1) is 0 Å². The number of sulfonamides is 1. The normalized spacial score (nSPS) is 19.3. The first kappa shape index (κ1) is 17.5. The Balaban J connectivity index is 1.70. The number of carbonyl (C=O) groups excluding carboxylic acids is 1. The van der Waals surface area contributed by atoms with Crippen LogP contribution in [0.3, 0.4) is 0 Å². The number of piperidine rings is 1. The van der Waals surface area contributed by atoms with Crippen molar-refractivity contribution in [2.24, 2.45) is 0 Å². The average Bonchev–Trinajstić information content (AvgIpc) is 3.31. The molecule has 0 aliphatic carbocycles. The lowest BCUT2D eigenvalue weighted by Crippen LogP contribution is -2.35. The van der Waals surface area contributed by atoms with Gasteiger partial charge in [-0.2, -0.15) is 4.31 Å². The van der Waals surface area contributed by atoms with Gasteiger partial charge in [-0.1, -0.05) is 0 Å². The van der Waals surface area contributed by atoms with Crippen molar-refractivity contribution in [3.05, 3.63) is 29.5 Å². The zero-order chi connectivity index (χ0) is 18.3. The molecule has 7 heteroatoms. The Hall–Kier alpha value is -1.86. The molecule has 2 aromatic rings. The van der Waals surface area contributed by atoms with Crippen LogP contribution >= 0.6 is 0 Å². The molecule has 0 radical (unpaired) electrons. The molecule has 2 aliphatic heterocycles. The van der Waals surface area contributed by atoms with E-state index in [9.17, 15) is 13.2 Å². The van der Waals surface area contributed by atoms with Crippen LogP contribution in [0.2, 0.25) is 0 Å². The number of benzene rings is 1.